The number of hydrogen-bond acceptors (Lipinski definition) is 4. The quantitative estimate of drug-likeness (QED) is 0.634. The van der Waals surface area contributed by atoms with Crippen molar-refractivity contribution < 1.29 is 9.53 Å². The van der Waals surface area contributed by atoms with Crippen molar-refractivity contribution in [3.8, 4) is 0 Å². The first kappa shape index (κ1) is 21.2. The van der Waals surface area contributed by atoms with Gasteiger partial charge in [0.1, 0.15) is 12.6 Å². The molecule has 4 rings (SSSR count). The van der Waals surface area contributed by atoms with Gasteiger partial charge >= 0.3 is 0 Å². The van der Waals surface area contributed by atoms with Crippen LogP contribution >= 0.6 is 0 Å². The molecule has 0 saturated carbocycles. The van der Waals surface area contributed by atoms with Gasteiger partial charge in [0.25, 0.3) is 0 Å². The number of pyridine rings is 1. The maximum absolute atomic E-state index is 12.9. The first-order valence-corrected chi connectivity index (χ1v) is 10.8. The number of ether oxygens (including phenoxy) is 1. The lowest BCUT2D eigenvalue weighted by Crippen LogP contribution is -2.44. The molecule has 0 bridgehead atoms. The van der Waals surface area contributed by atoms with Crippen molar-refractivity contribution in [2.75, 3.05) is 19.7 Å². The lowest BCUT2D eigenvalue weighted by atomic mass is 9.99. The Morgan fingerprint density at radius 3 is 2.65 bits per heavy atom. The molecule has 1 aliphatic heterocycles. The molecule has 6 nitrogen and oxygen atoms in total. The molecule has 31 heavy (non-hydrogen) atoms. The van der Waals surface area contributed by atoms with Crippen LogP contribution in [0.4, 0.5) is 0 Å². The van der Waals surface area contributed by atoms with Crippen LogP contribution in [0.25, 0.3) is 0 Å². The average molecular weight is 419 g/mol. The fraction of sp³-hybridized carbons (Fsp3) is 0.400. The van der Waals surface area contributed by atoms with Crippen molar-refractivity contribution in [3.63, 3.8) is 0 Å². The summed E-state index contributed by atoms with van der Waals surface area (Å²) in [5.74, 6) is 0.0623. The van der Waals surface area contributed by atoms with Crippen molar-refractivity contribution in [3.05, 3.63) is 81.9 Å². The number of hydrogen-bond donors (Lipinski definition) is 0. The number of carbonyl (C=O) groups excluding carboxylic acids is 1. The van der Waals surface area contributed by atoms with E-state index in [1.807, 2.05) is 31.7 Å². The maximum atomic E-state index is 12.9. The van der Waals surface area contributed by atoms with Gasteiger partial charge < -0.3 is 9.64 Å². The number of amides is 1. The van der Waals surface area contributed by atoms with E-state index in [0.717, 1.165) is 29.2 Å². The number of benzene rings is 1. The topological polar surface area (TPSA) is 60.2 Å². The molecule has 0 spiro atoms. The van der Waals surface area contributed by atoms with Crippen LogP contribution in [-0.4, -0.2) is 45.3 Å². The summed E-state index contributed by atoms with van der Waals surface area (Å²) in [6, 6.07) is 14.7. The summed E-state index contributed by atoms with van der Waals surface area (Å²) >= 11 is 0. The van der Waals surface area contributed by atoms with Crippen molar-refractivity contribution in [2.24, 2.45) is 0 Å². The first-order valence-electron chi connectivity index (χ1n) is 10.8. The Labute approximate surface area is 183 Å². The number of aromatic nitrogens is 3. The number of morpholine rings is 1. The Kier molecular flexibility index (Phi) is 6.18. The van der Waals surface area contributed by atoms with Crippen LogP contribution in [-0.2, 0) is 22.5 Å². The highest BCUT2D eigenvalue weighted by Crippen LogP contribution is 2.24. The second-order valence-electron chi connectivity index (χ2n) is 8.43. The summed E-state index contributed by atoms with van der Waals surface area (Å²) in [6.07, 6.45) is 0.643. The van der Waals surface area contributed by atoms with Crippen LogP contribution in [0, 0.1) is 27.7 Å². The van der Waals surface area contributed by atoms with Crippen molar-refractivity contribution in [1.82, 2.24) is 19.7 Å². The van der Waals surface area contributed by atoms with E-state index >= 15 is 0 Å². The SMILES string of the molecule is Cc1cc(Cc2ccccc2C)cc([C@@H]2CN(C(=O)Cn3nc(C)cc3C)CCO2)n1. The Morgan fingerprint density at radius 2 is 1.90 bits per heavy atom. The zero-order valence-electron chi connectivity index (χ0n) is 18.8. The Balaban J connectivity index is 1.49. The fourth-order valence-electron chi connectivity index (χ4n) is 4.18. The van der Waals surface area contributed by atoms with E-state index in [0.29, 0.717) is 19.7 Å². The van der Waals surface area contributed by atoms with Crippen LogP contribution in [0.5, 0.6) is 0 Å². The molecular formula is C25H30N4O2. The molecule has 162 valence electrons. The Hall–Kier alpha value is -2.99. The van der Waals surface area contributed by atoms with E-state index in [2.05, 4.69) is 48.4 Å². The van der Waals surface area contributed by atoms with Crippen molar-refractivity contribution in [1.29, 1.82) is 0 Å². The monoisotopic (exact) mass is 418 g/mol. The van der Waals surface area contributed by atoms with E-state index in [1.54, 1.807) is 4.68 Å². The predicted molar refractivity (Wildman–Crippen MR) is 120 cm³/mol. The van der Waals surface area contributed by atoms with Crippen LogP contribution < -0.4 is 0 Å². The number of aryl methyl sites for hydroxylation is 4. The zero-order valence-corrected chi connectivity index (χ0v) is 18.8. The molecule has 1 aromatic carbocycles. The summed E-state index contributed by atoms with van der Waals surface area (Å²) in [7, 11) is 0. The molecule has 2 aromatic heterocycles. The van der Waals surface area contributed by atoms with Gasteiger partial charge in [0.05, 0.1) is 24.5 Å². The highest BCUT2D eigenvalue weighted by Gasteiger charge is 2.27. The lowest BCUT2D eigenvalue weighted by molar-refractivity contribution is -0.140. The molecule has 1 amide bonds. The summed E-state index contributed by atoms with van der Waals surface area (Å²) in [4.78, 5) is 19.5. The number of carbonyl (C=O) groups is 1. The van der Waals surface area contributed by atoms with Gasteiger partial charge in [-0.2, -0.15) is 5.10 Å². The van der Waals surface area contributed by atoms with Crippen LogP contribution in [0.1, 0.15) is 45.6 Å². The molecule has 1 fully saturated rings. The molecule has 0 aliphatic carbocycles. The standard InChI is InChI=1S/C25H30N4O2/c1-17-7-5-6-8-22(17)13-21-12-18(2)26-23(14-21)24-15-28(9-10-31-24)25(30)16-29-20(4)11-19(3)27-29/h5-8,11-12,14,24H,9-10,13,15-16H2,1-4H3/t24-/m0/s1. The minimum absolute atomic E-state index is 0.0623. The minimum atomic E-state index is -0.214. The molecule has 0 unspecified atom stereocenters. The van der Waals surface area contributed by atoms with Gasteiger partial charge in [0, 0.05) is 17.9 Å². The largest absolute Gasteiger partial charge is 0.368 e. The molecule has 1 aliphatic rings. The van der Waals surface area contributed by atoms with Gasteiger partial charge in [0.2, 0.25) is 5.91 Å². The molecule has 1 atom stereocenters. The molecule has 0 radical (unpaired) electrons. The predicted octanol–water partition coefficient (Wildman–Crippen LogP) is 3.70. The molecule has 1 saturated heterocycles. The van der Waals surface area contributed by atoms with Crippen LogP contribution in [0.3, 0.4) is 0 Å². The second kappa shape index (κ2) is 9.02. The van der Waals surface area contributed by atoms with E-state index in [9.17, 15) is 4.79 Å². The normalized spacial score (nSPS) is 16.5. The highest BCUT2D eigenvalue weighted by molar-refractivity contribution is 5.76. The average Bonchev–Trinajstić information content (AvgIpc) is 3.06. The second-order valence-corrected chi connectivity index (χ2v) is 8.43. The van der Waals surface area contributed by atoms with Crippen molar-refractivity contribution in [2.45, 2.75) is 46.8 Å². The van der Waals surface area contributed by atoms with Crippen LogP contribution in [0.15, 0.2) is 42.5 Å². The van der Waals surface area contributed by atoms with E-state index in [-0.39, 0.29) is 18.6 Å². The summed E-state index contributed by atoms with van der Waals surface area (Å²) in [5.41, 5.74) is 7.60. The molecule has 3 aromatic rings. The van der Waals surface area contributed by atoms with Gasteiger partial charge in [-0.25, -0.2) is 0 Å². The third-order valence-corrected chi connectivity index (χ3v) is 5.83. The zero-order chi connectivity index (χ0) is 22.0. The van der Waals surface area contributed by atoms with Gasteiger partial charge in [-0.05, 0) is 69.0 Å². The van der Waals surface area contributed by atoms with E-state index < -0.39 is 0 Å². The summed E-state index contributed by atoms with van der Waals surface area (Å²) in [5, 5.41) is 4.42. The smallest absolute Gasteiger partial charge is 0.244 e. The number of nitrogens with zero attached hydrogens (tertiary/aromatic N) is 4. The highest BCUT2D eigenvalue weighted by atomic mass is 16.5. The third kappa shape index (κ3) is 5.02. The molecule has 3 heterocycles. The minimum Gasteiger partial charge on any atom is -0.368 e. The van der Waals surface area contributed by atoms with E-state index in [1.165, 1.54) is 16.7 Å². The van der Waals surface area contributed by atoms with Gasteiger partial charge in [-0.15, -0.1) is 0 Å². The molecular weight excluding hydrogens is 388 g/mol. The fourth-order valence-corrected chi connectivity index (χ4v) is 4.18. The summed E-state index contributed by atoms with van der Waals surface area (Å²) < 4.78 is 7.80. The molecule has 0 N–H and O–H groups in total. The van der Waals surface area contributed by atoms with Gasteiger partial charge in [-0.3, -0.25) is 14.5 Å². The third-order valence-electron chi connectivity index (χ3n) is 5.83. The Morgan fingerprint density at radius 1 is 1.10 bits per heavy atom. The number of rotatable bonds is 5. The van der Waals surface area contributed by atoms with Gasteiger partial charge in [0.15, 0.2) is 0 Å². The maximum Gasteiger partial charge on any atom is 0.244 e. The van der Waals surface area contributed by atoms with Gasteiger partial charge in [-0.1, -0.05) is 24.3 Å². The first-order chi connectivity index (χ1) is 14.9. The van der Waals surface area contributed by atoms with Crippen LogP contribution in [0.2, 0.25) is 0 Å². The van der Waals surface area contributed by atoms with E-state index in [4.69, 9.17) is 9.72 Å². The molecule has 6 heteroatoms. The summed E-state index contributed by atoms with van der Waals surface area (Å²) in [6.45, 7) is 9.94. The Bertz CT molecular complexity index is 1090. The van der Waals surface area contributed by atoms with Crippen molar-refractivity contribution >= 4 is 5.91 Å². The lowest BCUT2D eigenvalue weighted by Gasteiger charge is -2.33.